The fourth-order valence-corrected chi connectivity index (χ4v) is 4.59. The van der Waals surface area contributed by atoms with E-state index in [1.165, 1.54) is 12.8 Å². The summed E-state index contributed by atoms with van der Waals surface area (Å²) in [5.41, 5.74) is 2.42. The van der Waals surface area contributed by atoms with E-state index in [1.54, 1.807) is 11.8 Å². The molecule has 0 aliphatic carbocycles. The lowest BCUT2D eigenvalue weighted by atomic mass is 10.1. The van der Waals surface area contributed by atoms with Crippen molar-refractivity contribution in [1.29, 1.82) is 0 Å². The third-order valence-electron chi connectivity index (χ3n) is 5.39. The number of benzene rings is 2. The molecule has 4 rings (SSSR count). The van der Waals surface area contributed by atoms with E-state index in [0.29, 0.717) is 23.8 Å². The normalized spacial score (nSPS) is 14.1. The predicted octanol–water partition coefficient (Wildman–Crippen LogP) is 5.42. The number of nitrogens with one attached hydrogen (secondary N) is 1. The average Bonchev–Trinajstić information content (AvgIpc) is 3.43. The van der Waals surface area contributed by atoms with E-state index >= 15 is 0 Å². The first kappa shape index (κ1) is 21.9. The van der Waals surface area contributed by atoms with E-state index in [0.717, 1.165) is 46.6 Å². The monoisotopic (exact) mass is 455 g/mol. The lowest BCUT2D eigenvalue weighted by molar-refractivity contribution is 0.0949. The largest absolute Gasteiger partial charge is 0.441 e. The van der Waals surface area contributed by atoms with Crippen molar-refractivity contribution in [3.63, 3.8) is 0 Å². The van der Waals surface area contributed by atoms with Crippen molar-refractivity contribution in [3.05, 3.63) is 70.6 Å². The molecule has 0 saturated carbocycles. The van der Waals surface area contributed by atoms with Gasteiger partial charge in [-0.3, -0.25) is 4.79 Å². The maximum absolute atomic E-state index is 12.4. The first-order valence-corrected chi connectivity index (χ1v) is 11.9. The molecule has 0 atom stereocenters. The average molecular weight is 456 g/mol. The number of halogens is 1. The minimum Gasteiger partial charge on any atom is -0.441 e. The Morgan fingerprint density at radius 2 is 1.84 bits per heavy atom. The smallest absolute Gasteiger partial charge is 0.251 e. The van der Waals surface area contributed by atoms with E-state index < -0.39 is 0 Å². The van der Waals surface area contributed by atoms with Crippen LogP contribution in [0.2, 0.25) is 5.02 Å². The van der Waals surface area contributed by atoms with Gasteiger partial charge in [-0.05, 0) is 81.4 Å². The molecule has 1 saturated heterocycles. The van der Waals surface area contributed by atoms with Crippen LogP contribution in [0.15, 0.2) is 57.8 Å². The summed E-state index contributed by atoms with van der Waals surface area (Å²) in [4.78, 5) is 20.6. The van der Waals surface area contributed by atoms with E-state index in [-0.39, 0.29) is 5.91 Å². The summed E-state index contributed by atoms with van der Waals surface area (Å²) < 4.78 is 5.88. The molecule has 0 bridgehead atoms. The number of likely N-dealkylation sites (tertiary alicyclic amines) is 1. The molecule has 1 N–H and O–H groups in total. The van der Waals surface area contributed by atoms with Gasteiger partial charge in [-0.15, -0.1) is 11.8 Å². The predicted molar refractivity (Wildman–Crippen MR) is 126 cm³/mol. The minimum absolute atomic E-state index is 0.0469. The Morgan fingerprint density at radius 3 is 2.55 bits per heavy atom. The minimum atomic E-state index is -0.0469. The molecular formula is C24H26ClN3O2S. The Kier molecular flexibility index (Phi) is 7.33. The van der Waals surface area contributed by atoms with Crippen LogP contribution in [-0.4, -0.2) is 42.0 Å². The second-order valence-corrected chi connectivity index (χ2v) is 9.13. The molecule has 1 fully saturated rings. The highest BCUT2D eigenvalue weighted by molar-refractivity contribution is 7.98. The number of nitrogens with zero attached hydrogens (tertiary/aromatic N) is 2. The molecule has 1 aromatic heterocycles. The molecule has 2 heterocycles. The molecule has 0 radical (unpaired) electrons. The lowest BCUT2D eigenvalue weighted by Gasteiger charge is -2.14. The summed E-state index contributed by atoms with van der Waals surface area (Å²) in [6.45, 7) is 5.79. The first-order chi connectivity index (χ1) is 15.1. The topological polar surface area (TPSA) is 58.4 Å². The number of carbonyl (C=O) groups excluding carboxylic acids is 1. The molecule has 0 spiro atoms. The van der Waals surface area contributed by atoms with Gasteiger partial charge in [-0.1, -0.05) is 11.6 Å². The lowest BCUT2D eigenvalue weighted by Crippen LogP contribution is -2.33. The maximum Gasteiger partial charge on any atom is 0.251 e. The summed E-state index contributed by atoms with van der Waals surface area (Å²) in [7, 11) is 0. The molecule has 7 heteroatoms. The zero-order valence-corrected chi connectivity index (χ0v) is 19.1. The van der Waals surface area contributed by atoms with Crippen molar-refractivity contribution < 1.29 is 9.21 Å². The number of oxazole rings is 1. The standard InChI is InChI=1S/C24H26ClN3O2S/c1-17-22(16-31-21-10-8-20(25)9-11-21)27-24(30-17)19-6-4-18(5-7-19)23(29)26-12-15-28-13-2-3-14-28/h4-11H,2-3,12-16H2,1H3,(H,26,29). The number of hydrogen-bond donors (Lipinski definition) is 1. The molecular weight excluding hydrogens is 430 g/mol. The Bertz CT molecular complexity index is 1010. The number of thioether (sulfide) groups is 1. The van der Waals surface area contributed by atoms with Gasteiger partial charge in [0, 0.05) is 39.9 Å². The van der Waals surface area contributed by atoms with E-state index in [9.17, 15) is 4.79 Å². The van der Waals surface area contributed by atoms with Crippen molar-refractivity contribution >= 4 is 29.3 Å². The molecule has 3 aromatic rings. The van der Waals surface area contributed by atoms with Crippen LogP contribution in [0.25, 0.3) is 11.5 Å². The quantitative estimate of drug-likeness (QED) is 0.459. The number of amides is 1. The first-order valence-electron chi connectivity index (χ1n) is 10.5. The van der Waals surface area contributed by atoms with Crippen LogP contribution in [0, 0.1) is 6.92 Å². The van der Waals surface area contributed by atoms with Crippen molar-refractivity contribution in [3.8, 4) is 11.5 Å². The van der Waals surface area contributed by atoms with Crippen LogP contribution >= 0.6 is 23.4 Å². The summed E-state index contributed by atoms with van der Waals surface area (Å²) in [5.74, 6) is 2.05. The van der Waals surface area contributed by atoms with Crippen LogP contribution in [0.5, 0.6) is 0 Å². The zero-order valence-electron chi connectivity index (χ0n) is 17.6. The van der Waals surface area contributed by atoms with Crippen molar-refractivity contribution in [1.82, 2.24) is 15.2 Å². The molecule has 1 aliphatic rings. The Hall–Kier alpha value is -2.28. The summed E-state index contributed by atoms with van der Waals surface area (Å²) >= 11 is 7.63. The fourth-order valence-electron chi connectivity index (χ4n) is 3.57. The fraction of sp³-hybridized carbons (Fsp3) is 0.333. The third kappa shape index (κ3) is 5.91. The molecule has 1 aliphatic heterocycles. The molecule has 31 heavy (non-hydrogen) atoms. The van der Waals surface area contributed by atoms with Gasteiger partial charge in [0.25, 0.3) is 5.91 Å². The SMILES string of the molecule is Cc1oc(-c2ccc(C(=O)NCCN3CCCC3)cc2)nc1CSc1ccc(Cl)cc1. The van der Waals surface area contributed by atoms with E-state index in [2.05, 4.69) is 15.2 Å². The summed E-state index contributed by atoms with van der Waals surface area (Å²) in [6, 6.07) is 15.2. The van der Waals surface area contributed by atoms with Gasteiger partial charge in [0.2, 0.25) is 5.89 Å². The third-order valence-corrected chi connectivity index (χ3v) is 6.66. The van der Waals surface area contributed by atoms with Crippen molar-refractivity contribution in [2.75, 3.05) is 26.2 Å². The molecule has 162 valence electrons. The van der Waals surface area contributed by atoms with Crippen molar-refractivity contribution in [2.24, 2.45) is 0 Å². The number of aromatic nitrogens is 1. The molecule has 2 aromatic carbocycles. The van der Waals surface area contributed by atoms with Crippen LogP contribution in [0.3, 0.4) is 0 Å². The molecule has 5 nitrogen and oxygen atoms in total. The maximum atomic E-state index is 12.4. The van der Waals surface area contributed by atoms with Gasteiger partial charge < -0.3 is 14.6 Å². The van der Waals surface area contributed by atoms with Crippen LogP contribution in [0.1, 0.15) is 34.7 Å². The second kappa shape index (κ2) is 10.4. The summed E-state index contributed by atoms with van der Waals surface area (Å²) in [5, 5.41) is 3.73. The van der Waals surface area contributed by atoms with Gasteiger partial charge in [-0.2, -0.15) is 0 Å². The highest BCUT2D eigenvalue weighted by Crippen LogP contribution is 2.28. The van der Waals surface area contributed by atoms with Crippen LogP contribution in [0.4, 0.5) is 0 Å². The molecule has 0 unspecified atom stereocenters. The van der Waals surface area contributed by atoms with Crippen molar-refractivity contribution in [2.45, 2.75) is 30.4 Å². The van der Waals surface area contributed by atoms with Gasteiger partial charge in [0.05, 0.1) is 5.69 Å². The number of rotatable bonds is 8. The van der Waals surface area contributed by atoms with Gasteiger partial charge in [0.15, 0.2) is 0 Å². The van der Waals surface area contributed by atoms with Gasteiger partial charge in [0.1, 0.15) is 5.76 Å². The Balaban J connectivity index is 1.33. The van der Waals surface area contributed by atoms with E-state index in [4.69, 9.17) is 16.0 Å². The summed E-state index contributed by atoms with van der Waals surface area (Å²) in [6.07, 6.45) is 2.52. The highest BCUT2D eigenvalue weighted by atomic mass is 35.5. The van der Waals surface area contributed by atoms with E-state index in [1.807, 2.05) is 55.5 Å². The highest BCUT2D eigenvalue weighted by Gasteiger charge is 2.14. The number of carbonyl (C=O) groups is 1. The van der Waals surface area contributed by atoms with Crippen LogP contribution in [-0.2, 0) is 5.75 Å². The van der Waals surface area contributed by atoms with Gasteiger partial charge in [-0.25, -0.2) is 4.98 Å². The number of aryl methyl sites for hydroxylation is 1. The Labute approximate surface area is 192 Å². The second-order valence-electron chi connectivity index (χ2n) is 7.65. The van der Waals surface area contributed by atoms with Crippen LogP contribution < -0.4 is 5.32 Å². The zero-order chi connectivity index (χ0) is 21.6. The molecule has 1 amide bonds. The van der Waals surface area contributed by atoms with Gasteiger partial charge >= 0.3 is 0 Å². The Morgan fingerprint density at radius 1 is 1.13 bits per heavy atom. The number of hydrogen-bond acceptors (Lipinski definition) is 5.